The van der Waals surface area contributed by atoms with Gasteiger partial charge in [-0.3, -0.25) is 14.4 Å². The van der Waals surface area contributed by atoms with Crippen molar-refractivity contribution in [1.29, 1.82) is 0 Å². The van der Waals surface area contributed by atoms with Gasteiger partial charge in [0.05, 0.1) is 12.1 Å². The fourth-order valence-electron chi connectivity index (χ4n) is 8.27. The molecule has 4 unspecified atom stereocenters. The third kappa shape index (κ3) is 11.6. The van der Waals surface area contributed by atoms with Crippen LogP contribution in [0.2, 0.25) is 0 Å². The minimum atomic E-state index is -0.881. The highest BCUT2D eigenvalue weighted by atomic mass is 16.2. The molecular formula is C42H75N5O4. The van der Waals surface area contributed by atoms with Gasteiger partial charge in [-0.25, -0.2) is 4.79 Å². The van der Waals surface area contributed by atoms with Crippen molar-refractivity contribution >= 4 is 23.6 Å². The molecule has 4 amide bonds. The lowest BCUT2D eigenvalue weighted by atomic mass is 9.69. The Kier molecular flexibility index (Phi) is 16.8. The van der Waals surface area contributed by atoms with Crippen LogP contribution in [0.4, 0.5) is 4.79 Å². The molecule has 0 spiro atoms. The topological polar surface area (TPSA) is 120 Å². The number of piperidine rings is 1. The Labute approximate surface area is 311 Å². The summed E-state index contributed by atoms with van der Waals surface area (Å²) in [5, 5.41) is 12.3. The Bertz CT molecular complexity index is 1210. The minimum absolute atomic E-state index is 0.0290. The molecule has 51 heavy (non-hydrogen) atoms. The first-order valence-corrected chi connectivity index (χ1v) is 20.2. The summed E-state index contributed by atoms with van der Waals surface area (Å²) in [5.74, 6) is -1.12. The molecule has 0 aromatic heterocycles. The standard InChI is InChI=1S/C39H67N5O4.C3H8/c1-12-15-19-28(32(45)35(47)40-14-3)41-34(46)31-30-27(38(30,9)10)24-44(31)26(5)33(39(11)22-17-16-18-23-39)43-36(48)42-29(37(6,7)8)21-20-25(4)13-2;1-3-2/h27-31,33H,4-5,12-24H2,1-3,6-11H3,(H,40,47)(H,41,46)(H2,42,43,48);3H2,1-2H3/t27-,28?,29?,30-,31?,33?;/m0./s1. The number of Topliss-reactive ketones (excluding diaryl/α,β-unsaturated/α-hetero) is 1. The molecule has 1 saturated heterocycles. The second-order valence-electron chi connectivity index (χ2n) is 17.5. The van der Waals surface area contributed by atoms with Crippen LogP contribution in [0, 0.1) is 28.1 Å². The first-order valence-electron chi connectivity index (χ1n) is 20.2. The number of hydrogen-bond acceptors (Lipinski definition) is 5. The number of amides is 4. The molecule has 0 aromatic rings. The van der Waals surface area contributed by atoms with Crippen molar-refractivity contribution in [1.82, 2.24) is 26.2 Å². The number of nitrogens with one attached hydrogen (secondary N) is 4. The lowest BCUT2D eigenvalue weighted by molar-refractivity contribution is -0.140. The van der Waals surface area contributed by atoms with Gasteiger partial charge >= 0.3 is 6.03 Å². The molecule has 3 aliphatic rings. The van der Waals surface area contributed by atoms with Crippen molar-refractivity contribution in [3.8, 4) is 0 Å². The SMILES string of the molecule is C=C(CC)CCC(NC(=O)NC(C(=C)N1C[C@H]2[C@@H](C1C(=O)NC(CCCC)C(=O)C(=O)NCC)C2(C)C)C1(C)CCCCC1)C(C)(C)C.CCC. The number of urea groups is 1. The van der Waals surface area contributed by atoms with Gasteiger partial charge in [-0.2, -0.15) is 0 Å². The molecule has 0 aromatic carbocycles. The van der Waals surface area contributed by atoms with E-state index in [1.54, 1.807) is 6.92 Å². The second kappa shape index (κ2) is 19.3. The second-order valence-corrected chi connectivity index (χ2v) is 17.5. The van der Waals surface area contributed by atoms with Crippen molar-refractivity contribution in [2.75, 3.05) is 13.1 Å². The summed E-state index contributed by atoms with van der Waals surface area (Å²) in [5.41, 5.74) is 1.54. The molecule has 0 radical (unpaired) electrons. The summed E-state index contributed by atoms with van der Waals surface area (Å²) in [6, 6.07) is -2.05. The average Bonchev–Trinajstić information content (AvgIpc) is 3.37. The van der Waals surface area contributed by atoms with E-state index in [1.165, 1.54) is 18.4 Å². The van der Waals surface area contributed by atoms with E-state index in [0.29, 0.717) is 25.4 Å². The van der Waals surface area contributed by atoms with E-state index in [9.17, 15) is 19.2 Å². The number of allylic oxidation sites excluding steroid dienone is 1. The largest absolute Gasteiger partial charge is 0.361 e. The summed E-state index contributed by atoms with van der Waals surface area (Å²) in [6.07, 6.45) is 11.1. The van der Waals surface area contributed by atoms with Gasteiger partial charge in [0.1, 0.15) is 6.04 Å². The first kappa shape index (κ1) is 44.3. The van der Waals surface area contributed by atoms with Crippen LogP contribution in [0.25, 0.3) is 0 Å². The fourth-order valence-corrected chi connectivity index (χ4v) is 8.27. The van der Waals surface area contributed by atoms with Gasteiger partial charge in [0.25, 0.3) is 5.91 Å². The maximum Gasteiger partial charge on any atom is 0.315 e. The van der Waals surface area contributed by atoms with Gasteiger partial charge in [-0.1, -0.05) is 126 Å². The third-order valence-corrected chi connectivity index (χ3v) is 11.8. The third-order valence-electron chi connectivity index (χ3n) is 11.8. The summed E-state index contributed by atoms with van der Waals surface area (Å²) >= 11 is 0. The number of carbonyl (C=O) groups excluding carboxylic acids is 4. The molecule has 3 rings (SSSR count). The van der Waals surface area contributed by atoms with Crippen molar-refractivity contribution in [3.63, 3.8) is 0 Å². The summed E-state index contributed by atoms with van der Waals surface area (Å²) < 4.78 is 0. The highest BCUT2D eigenvalue weighted by molar-refractivity contribution is 6.38. The first-order chi connectivity index (χ1) is 23.8. The molecule has 2 saturated carbocycles. The molecule has 0 bridgehead atoms. The molecule has 3 fully saturated rings. The fraction of sp³-hybridized carbons (Fsp3) is 0.810. The van der Waals surface area contributed by atoms with Crippen molar-refractivity contribution < 1.29 is 19.2 Å². The van der Waals surface area contributed by atoms with Crippen molar-refractivity contribution in [3.05, 3.63) is 24.4 Å². The number of ketones is 1. The molecular weight excluding hydrogens is 638 g/mol. The minimum Gasteiger partial charge on any atom is -0.361 e. The van der Waals surface area contributed by atoms with Gasteiger partial charge in [0, 0.05) is 24.8 Å². The summed E-state index contributed by atoms with van der Waals surface area (Å²) in [6.45, 7) is 33.1. The number of nitrogens with zero attached hydrogens (tertiary/aromatic N) is 1. The zero-order valence-corrected chi connectivity index (χ0v) is 34.4. The van der Waals surface area contributed by atoms with Gasteiger partial charge in [-0.05, 0) is 73.5 Å². The maximum absolute atomic E-state index is 14.3. The van der Waals surface area contributed by atoms with E-state index >= 15 is 0 Å². The molecule has 4 N–H and O–H groups in total. The van der Waals surface area contributed by atoms with Crippen LogP contribution >= 0.6 is 0 Å². The van der Waals surface area contributed by atoms with Crippen LogP contribution in [0.15, 0.2) is 24.4 Å². The van der Waals surface area contributed by atoms with Crippen molar-refractivity contribution in [2.45, 2.75) is 177 Å². The van der Waals surface area contributed by atoms with Crippen LogP contribution in [0.5, 0.6) is 0 Å². The smallest absolute Gasteiger partial charge is 0.315 e. The molecule has 2 aliphatic carbocycles. The van der Waals surface area contributed by atoms with E-state index in [0.717, 1.165) is 63.5 Å². The predicted octanol–water partition coefficient (Wildman–Crippen LogP) is 8.05. The molecule has 1 heterocycles. The summed E-state index contributed by atoms with van der Waals surface area (Å²) in [7, 11) is 0. The lowest BCUT2D eigenvalue weighted by Gasteiger charge is -2.46. The molecule has 9 nitrogen and oxygen atoms in total. The lowest BCUT2D eigenvalue weighted by Crippen LogP contribution is -2.59. The average molecular weight is 714 g/mol. The van der Waals surface area contributed by atoms with Gasteiger partial charge in [-0.15, -0.1) is 0 Å². The number of unbranched alkanes of at least 4 members (excludes halogenated alkanes) is 1. The number of rotatable bonds is 17. The summed E-state index contributed by atoms with van der Waals surface area (Å²) in [4.78, 5) is 56.0. The molecule has 292 valence electrons. The van der Waals surface area contributed by atoms with Gasteiger partial charge < -0.3 is 26.2 Å². The highest BCUT2D eigenvalue weighted by Crippen LogP contribution is 2.65. The van der Waals surface area contributed by atoms with E-state index in [1.807, 2.05) is 6.92 Å². The Hall–Kier alpha value is -2.84. The van der Waals surface area contributed by atoms with E-state index in [2.05, 4.69) is 102 Å². The normalized spacial score (nSPS) is 23.3. The zero-order chi connectivity index (χ0) is 38.7. The van der Waals surface area contributed by atoms with E-state index in [4.69, 9.17) is 0 Å². The predicted molar refractivity (Wildman–Crippen MR) is 210 cm³/mol. The maximum atomic E-state index is 14.3. The quantitative estimate of drug-likeness (QED) is 0.0899. The highest BCUT2D eigenvalue weighted by Gasteiger charge is 2.69. The van der Waals surface area contributed by atoms with Crippen molar-refractivity contribution in [2.24, 2.45) is 28.1 Å². The number of likely N-dealkylation sites (N-methyl/N-ethyl adjacent to an activating group) is 1. The van der Waals surface area contributed by atoms with E-state index in [-0.39, 0.29) is 46.2 Å². The Morgan fingerprint density at radius 1 is 0.882 bits per heavy atom. The van der Waals surface area contributed by atoms with Crippen LogP contribution in [-0.2, 0) is 14.4 Å². The Morgan fingerprint density at radius 2 is 1.49 bits per heavy atom. The molecule has 9 heteroatoms. The van der Waals surface area contributed by atoms with Crippen LogP contribution in [-0.4, -0.2) is 65.8 Å². The van der Waals surface area contributed by atoms with Gasteiger partial charge in [0.15, 0.2) is 0 Å². The number of fused-ring (bicyclic) bond motifs is 1. The van der Waals surface area contributed by atoms with E-state index < -0.39 is 23.8 Å². The van der Waals surface area contributed by atoms with Crippen LogP contribution < -0.4 is 21.3 Å². The van der Waals surface area contributed by atoms with Crippen LogP contribution in [0.3, 0.4) is 0 Å². The monoisotopic (exact) mass is 714 g/mol. The van der Waals surface area contributed by atoms with Crippen LogP contribution in [0.1, 0.15) is 153 Å². The number of carbonyl (C=O) groups is 4. The Balaban J connectivity index is 0.00000290. The molecule has 6 atom stereocenters. The number of hydrogen-bond donors (Lipinski definition) is 4. The van der Waals surface area contributed by atoms with Gasteiger partial charge in [0.2, 0.25) is 11.7 Å². The Morgan fingerprint density at radius 3 is 2.02 bits per heavy atom. The zero-order valence-electron chi connectivity index (χ0n) is 34.4. The molecule has 1 aliphatic heterocycles. The number of likely N-dealkylation sites (tertiary alicyclic amines) is 1.